The summed E-state index contributed by atoms with van der Waals surface area (Å²) in [5.74, 6) is 0. The van der Waals surface area contributed by atoms with Gasteiger partial charge in [0, 0.05) is 18.6 Å². The second-order valence-corrected chi connectivity index (χ2v) is 6.77. The number of hydrogen-bond acceptors (Lipinski definition) is 3. The quantitative estimate of drug-likeness (QED) is 0.617. The number of hydroxylamine groups is 2. The summed E-state index contributed by atoms with van der Waals surface area (Å²) in [6.45, 7) is 15.5. The van der Waals surface area contributed by atoms with Crippen LogP contribution in [-0.2, 0) is 4.84 Å². The van der Waals surface area contributed by atoms with Crippen molar-refractivity contribution in [3.05, 3.63) is 0 Å². The molecule has 0 N–H and O–H groups in total. The first kappa shape index (κ1) is 11.4. The highest BCUT2D eigenvalue weighted by atomic mass is 16.7. The molecule has 0 aliphatic carbocycles. The number of likely N-dealkylation sites (tertiary alicyclic amines) is 1. The van der Waals surface area contributed by atoms with Crippen LogP contribution in [0, 0.1) is 0 Å². The molecule has 2 rings (SSSR count). The summed E-state index contributed by atoms with van der Waals surface area (Å²) in [5.41, 5.74) is 0.262. The Morgan fingerprint density at radius 2 is 1.40 bits per heavy atom. The van der Waals surface area contributed by atoms with Crippen molar-refractivity contribution in [1.82, 2.24) is 9.96 Å². The van der Waals surface area contributed by atoms with Crippen LogP contribution in [-0.4, -0.2) is 46.3 Å². The molecule has 3 nitrogen and oxygen atoms in total. The van der Waals surface area contributed by atoms with Crippen LogP contribution in [0.25, 0.3) is 0 Å². The van der Waals surface area contributed by atoms with Gasteiger partial charge in [-0.05, 0) is 41.5 Å². The zero-order valence-electron chi connectivity index (χ0n) is 10.9. The standard InChI is InChI=1S/C12H24N2O/c1-11(2,3)13-7-9-10(8-13)14(9)15-12(4,5)6/h9-10H,7-8H2,1-6H3. The highest BCUT2D eigenvalue weighted by Gasteiger charge is 2.57. The first-order valence-electron chi connectivity index (χ1n) is 5.91. The van der Waals surface area contributed by atoms with Crippen LogP contribution in [0.1, 0.15) is 41.5 Å². The van der Waals surface area contributed by atoms with E-state index in [1.54, 1.807) is 0 Å². The van der Waals surface area contributed by atoms with E-state index in [9.17, 15) is 0 Å². The van der Waals surface area contributed by atoms with E-state index in [1.807, 2.05) is 0 Å². The van der Waals surface area contributed by atoms with E-state index in [2.05, 4.69) is 51.5 Å². The largest absolute Gasteiger partial charge is 0.295 e. The van der Waals surface area contributed by atoms with Crippen molar-refractivity contribution < 1.29 is 4.84 Å². The molecule has 2 aliphatic heterocycles. The van der Waals surface area contributed by atoms with Crippen LogP contribution in [0.15, 0.2) is 0 Å². The molecule has 0 aromatic rings. The summed E-state index contributed by atoms with van der Waals surface area (Å²) < 4.78 is 0. The van der Waals surface area contributed by atoms with Gasteiger partial charge >= 0.3 is 0 Å². The SMILES string of the molecule is CC(C)(C)ON1C2CN(C(C)(C)C)CC21. The Morgan fingerprint density at radius 3 is 1.73 bits per heavy atom. The van der Waals surface area contributed by atoms with E-state index in [0.29, 0.717) is 17.6 Å². The smallest absolute Gasteiger partial charge is 0.0816 e. The molecular formula is C12H24N2O. The molecule has 3 heteroatoms. The van der Waals surface area contributed by atoms with E-state index < -0.39 is 0 Å². The minimum Gasteiger partial charge on any atom is -0.295 e. The molecule has 2 heterocycles. The van der Waals surface area contributed by atoms with Crippen LogP contribution in [0.3, 0.4) is 0 Å². The van der Waals surface area contributed by atoms with Gasteiger partial charge in [-0.25, -0.2) is 0 Å². The molecule has 0 radical (unpaired) electrons. The van der Waals surface area contributed by atoms with Gasteiger partial charge in [0.05, 0.1) is 17.7 Å². The minimum atomic E-state index is -0.0447. The Bertz CT molecular complexity index is 239. The van der Waals surface area contributed by atoms with E-state index in [1.165, 1.54) is 0 Å². The third kappa shape index (κ3) is 2.35. The lowest BCUT2D eigenvalue weighted by Gasteiger charge is -2.34. The summed E-state index contributed by atoms with van der Waals surface area (Å²) in [6.07, 6.45) is 0. The van der Waals surface area contributed by atoms with Gasteiger partial charge in [-0.2, -0.15) is 5.06 Å². The first-order chi connectivity index (χ1) is 6.68. The predicted molar refractivity (Wildman–Crippen MR) is 61.6 cm³/mol. The third-order valence-corrected chi connectivity index (χ3v) is 3.15. The van der Waals surface area contributed by atoms with Crippen molar-refractivity contribution in [1.29, 1.82) is 0 Å². The van der Waals surface area contributed by atoms with Crippen LogP contribution in [0.4, 0.5) is 0 Å². The van der Waals surface area contributed by atoms with Gasteiger partial charge < -0.3 is 0 Å². The van der Waals surface area contributed by atoms with E-state index in [0.717, 1.165) is 13.1 Å². The molecule has 15 heavy (non-hydrogen) atoms. The van der Waals surface area contributed by atoms with Crippen molar-refractivity contribution in [2.45, 2.75) is 64.8 Å². The van der Waals surface area contributed by atoms with Crippen LogP contribution < -0.4 is 0 Å². The maximum absolute atomic E-state index is 5.88. The molecule has 2 unspecified atom stereocenters. The summed E-state index contributed by atoms with van der Waals surface area (Å²) in [4.78, 5) is 8.43. The summed E-state index contributed by atoms with van der Waals surface area (Å²) in [5, 5.41) is 2.18. The fourth-order valence-corrected chi connectivity index (χ4v) is 2.24. The number of rotatable bonds is 1. The second-order valence-electron chi connectivity index (χ2n) is 6.77. The average Bonchev–Trinajstić information content (AvgIpc) is 2.50. The van der Waals surface area contributed by atoms with Crippen molar-refractivity contribution >= 4 is 0 Å². The Hall–Kier alpha value is -0.120. The summed E-state index contributed by atoms with van der Waals surface area (Å²) >= 11 is 0. The first-order valence-corrected chi connectivity index (χ1v) is 5.91. The molecule has 0 saturated carbocycles. The van der Waals surface area contributed by atoms with Crippen LogP contribution >= 0.6 is 0 Å². The topological polar surface area (TPSA) is 15.5 Å². The molecule has 0 aromatic carbocycles. The lowest BCUT2D eigenvalue weighted by Crippen LogP contribution is -2.44. The lowest BCUT2D eigenvalue weighted by atomic mass is 10.1. The zero-order valence-corrected chi connectivity index (χ0v) is 10.9. The van der Waals surface area contributed by atoms with Gasteiger partial charge in [0.1, 0.15) is 0 Å². The third-order valence-electron chi connectivity index (χ3n) is 3.15. The van der Waals surface area contributed by atoms with E-state index in [4.69, 9.17) is 4.84 Å². The molecule has 2 atom stereocenters. The molecule has 0 amide bonds. The number of nitrogens with zero attached hydrogens (tertiary/aromatic N) is 2. The van der Waals surface area contributed by atoms with Crippen molar-refractivity contribution in [3.8, 4) is 0 Å². The summed E-state index contributed by atoms with van der Waals surface area (Å²) in [6, 6.07) is 1.28. The van der Waals surface area contributed by atoms with Crippen molar-refractivity contribution in [2.24, 2.45) is 0 Å². The van der Waals surface area contributed by atoms with E-state index >= 15 is 0 Å². The van der Waals surface area contributed by atoms with Gasteiger partial charge in [-0.15, -0.1) is 0 Å². The Morgan fingerprint density at radius 1 is 0.933 bits per heavy atom. The molecule has 88 valence electrons. The van der Waals surface area contributed by atoms with Gasteiger partial charge in [0.15, 0.2) is 0 Å². The average molecular weight is 212 g/mol. The molecule has 2 saturated heterocycles. The normalized spacial score (nSPS) is 36.8. The lowest BCUT2D eigenvalue weighted by molar-refractivity contribution is -0.180. The van der Waals surface area contributed by atoms with Crippen molar-refractivity contribution in [3.63, 3.8) is 0 Å². The monoisotopic (exact) mass is 212 g/mol. The number of piperazine rings is 1. The van der Waals surface area contributed by atoms with Crippen LogP contribution in [0.5, 0.6) is 0 Å². The minimum absolute atomic E-state index is 0.0447. The Kier molecular flexibility index (Phi) is 2.42. The van der Waals surface area contributed by atoms with Crippen molar-refractivity contribution in [2.75, 3.05) is 13.1 Å². The van der Waals surface area contributed by atoms with Gasteiger partial charge in [-0.3, -0.25) is 9.74 Å². The number of fused-ring (bicyclic) bond motifs is 1. The number of hydrogen-bond donors (Lipinski definition) is 0. The maximum atomic E-state index is 5.88. The highest BCUT2D eigenvalue weighted by Crippen LogP contribution is 2.40. The van der Waals surface area contributed by atoms with Gasteiger partial charge in [0.25, 0.3) is 0 Å². The molecule has 0 spiro atoms. The van der Waals surface area contributed by atoms with Gasteiger partial charge in [0.2, 0.25) is 0 Å². The fraction of sp³-hybridized carbons (Fsp3) is 1.00. The second kappa shape index (κ2) is 3.19. The zero-order chi connectivity index (χ0) is 11.4. The Labute approximate surface area is 93.3 Å². The summed E-state index contributed by atoms with van der Waals surface area (Å²) in [7, 11) is 0. The van der Waals surface area contributed by atoms with Gasteiger partial charge in [-0.1, -0.05) is 0 Å². The fourth-order valence-electron chi connectivity index (χ4n) is 2.24. The molecule has 0 aromatic heterocycles. The molecule has 0 bridgehead atoms. The highest BCUT2D eigenvalue weighted by molar-refractivity contribution is 5.09. The predicted octanol–water partition coefficient (Wildman–Crippen LogP) is 1.88. The maximum Gasteiger partial charge on any atom is 0.0816 e. The molecule has 2 aliphatic rings. The molecular weight excluding hydrogens is 188 g/mol. The van der Waals surface area contributed by atoms with Crippen LogP contribution in [0.2, 0.25) is 0 Å². The Balaban J connectivity index is 1.84. The molecule has 2 fully saturated rings. The van der Waals surface area contributed by atoms with E-state index in [-0.39, 0.29) is 5.60 Å².